The van der Waals surface area contributed by atoms with Crippen molar-refractivity contribution in [3.05, 3.63) is 47.5 Å². The van der Waals surface area contributed by atoms with Crippen LogP contribution in [0, 0.1) is 18.7 Å². The Morgan fingerprint density at radius 1 is 1.52 bits per heavy atom. The van der Waals surface area contributed by atoms with Gasteiger partial charge in [-0.25, -0.2) is 4.39 Å². The van der Waals surface area contributed by atoms with Crippen LogP contribution < -0.4 is 5.32 Å². The lowest BCUT2D eigenvalue weighted by molar-refractivity contribution is -0.121. The van der Waals surface area contributed by atoms with Crippen molar-refractivity contribution in [1.82, 2.24) is 15.1 Å². The normalized spacial score (nSPS) is 18.8. The third-order valence-corrected chi connectivity index (χ3v) is 4.26. The standard InChI is InChI=1S/C17H21FN4O/c1-12-16(9-19-21-12)20-17(23)14-5-3-7-22(11-14)10-13-4-2-6-15(18)8-13/h2,4,6,8-9,14H,3,5,7,10-11H2,1H3,(H,19,21)(H,20,23). The Bertz CT molecular complexity index is 685. The number of H-pyrrole nitrogens is 1. The van der Waals surface area contributed by atoms with Gasteiger partial charge in [0.15, 0.2) is 0 Å². The minimum Gasteiger partial charge on any atom is -0.323 e. The fourth-order valence-corrected chi connectivity index (χ4v) is 3.02. The van der Waals surface area contributed by atoms with E-state index in [1.165, 1.54) is 6.07 Å². The highest BCUT2D eigenvalue weighted by atomic mass is 19.1. The maximum Gasteiger partial charge on any atom is 0.228 e. The third kappa shape index (κ3) is 3.96. The van der Waals surface area contributed by atoms with E-state index in [2.05, 4.69) is 20.4 Å². The Kier molecular flexibility index (Phi) is 4.71. The molecule has 1 aromatic carbocycles. The van der Waals surface area contributed by atoms with E-state index in [0.717, 1.165) is 36.3 Å². The van der Waals surface area contributed by atoms with Crippen LogP contribution in [0.5, 0.6) is 0 Å². The summed E-state index contributed by atoms with van der Waals surface area (Å²) >= 11 is 0. The van der Waals surface area contributed by atoms with Gasteiger partial charge < -0.3 is 5.32 Å². The lowest BCUT2D eigenvalue weighted by Gasteiger charge is -2.32. The number of aromatic amines is 1. The van der Waals surface area contributed by atoms with Crippen LogP contribution >= 0.6 is 0 Å². The summed E-state index contributed by atoms with van der Waals surface area (Å²) in [6.07, 6.45) is 3.47. The summed E-state index contributed by atoms with van der Waals surface area (Å²) < 4.78 is 13.3. The first-order valence-corrected chi connectivity index (χ1v) is 7.89. The molecule has 1 aliphatic rings. The van der Waals surface area contributed by atoms with Crippen LogP contribution in [0.2, 0.25) is 0 Å². The van der Waals surface area contributed by atoms with Gasteiger partial charge in [0.05, 0.1) is 23.5 Å². The van der Waals surface area contributed by atoms with Crippen LogP contribution in [0.15, 0.2) is 30.5 Å². The highest BCUT2D eigenvalue weighted by Gasteiger charge is 2.26. The van der Waals surface area contributed by atoms with Crippen LogP contribution in [0.3, 0.4) is 0 Å². The van der Waals surface area contributed by atoms with Crippen molar-refractivity contribution in [1.29, 1.82) is 0 Å². The molecule has 122 valence electrons. The molecule has 2 aromatic rings. The molecule has 1 aromatic heterocycles. The summed E-state index contributed by atoms with van der Waals surface area (Å²) in [6, 6.07) is 6.64. The van der Waals surface area contributed by atoms with Crippen molar-refractivity contribution >= 4 is 11.6 Å². The van der Waals surface area contributed by atoms with Crippen LogP contribution in [-0.4, -0.2) is 34.1 Å². The third-order valence-electron chi connectivity index (χ3n) is 4.26. The molecule has 0 spiro atoms. The first-order valence-electron chi connectivity index (χ1n) is 7.89. The number of anilines is 1. The summed E-state index contributed by atoms with van der Waals surface area (Å²) in [5.41, 5.74) is 2.53. The molecule has 1 unspecified atom stereocenters. The molecule has 0 saturated carbocycles. The van der Waals surface area contributed by atoms with Gasteiger partial charge in [0, 0.05) is 13.1 Å². The number of hydrogen-bond donors (Lipinski definition) is 2. The van der Waals surface area contributed by atoms with Gasteiger partial charge in [0.1, 0.15) is 5.82 Å². The van der Waals surface area contributed by atoms with Gasteiger partial charge in [0.25, 0.3) is 0 Å². The number of nitrogens with zero attached hydrogens (tertiary/aromatic N) is 2. The highest BCUT2D eigenvalue weighted by Crippen LogP contribution is 2.21. The van der Waals surface area contributed by atoms with E-state index >= 15 is 0 Å². The molecule has 6 heteroatoms. The van der Waals surface area contributed by atoms with E-state index in [-0.39, 0.29) is 17.6 Å². The van der Waals surface area contributed by atoms with Crippen molar-refractivity contribution in [3.8, 4) is 0 Å². The van der Waals surface area contributed by atoms with Crippen LogP contribution in [0.1, 0.15) is 24.1 Å². The summed E-state index contributed by atoms with van der Waals surface area (Å²) in [4.78, 5) is 14.6. The number of piperidine rings is 1. The van der Waals surface area contributed by atoms with Gasteiger partial charge in [-0.3, -0.25) is 14.8 Å². The Hall–Kier alpha value is -2.21. The summed E-state index contributed by atoms with van der Waals surface area (Å²) in [5.74, 6) is -0.241. The zero-order valence-corrected chi connectivity index (χ0v) is 13.2. The zero-order chi connectivity index (χ0) is 16.2. The molecule has 2 heterocycles. The maximum atomic E-state index is 13.3. The number of likely N-dealkylation sites (tertiary alicyclic amines) is 1. The number of carbonyl (C=O) groups excluding carboxylic acids is 1. The molecule has 0 radical (unpaired) electrons. The summed E-state index contributed by atoms with van der Waals surface area (Å²) in [7, 11) is 0. The van der Waals surface area contributed by atoms with Gasteiger partial charge in [0.2, 0.25) is 5.91 Å². The van der Waals surface area contributed by atoms with Crippen molar-refractivity contribution in [2.45, 2.75) is 26.3 Å². The molecular formula is C17H21FN4O. The lowest BCUT2D eigenvalue weighted by Crippen LogP contribution is -2.40. The topological polar surface area (TPSA) is 61.0 Å². The predicted molar refractivity (Wildman–Crippen MR) is 86.4 cm³/mol. The fourth-order valence-electron chi connectivity index (χ4n) is 3.02. The highest BCUT2D eigenvalue weighted by molar-refractivity contribution is 5.93. The molecule has 1 atom stereocenters. The predicted octanol–water partition coefficient (Wildman–Crippen LogP) is 2.71. The van der Waals surface area contributed by atoms with Crippen LogP contribution in [0.4, 0.5) is 10.1 Å². The van der Waals surface area contributed by atoms with Crippen molar-refractivity contribution < 1.29 is 9.18 Å². The SMILES string of the molecule is Cc1[nH]ncc1NC(=O)C1CCCN(Cc2cccc(F)c2)C1. The largest absolute Gasteiger partial charge is 0.323 e. The molecule has 3 rings (SSSR count). The van der Waals surface area contributed by atoms with Crippen molar-refractivity contribution in [2.75, 3.05) is 18.4 Å². The first kappa shape index (κ1) is 15.7. The average molecular weight is 316 g/mol. The molecule has 23 heavy (non-hydrogen) atoms. The molecule has 2 N–H and O–H groups in total. The fraction of sp³-hybridized carbons (Fsp3) is 0.412. The molecule has 1 aliphatic heterocycles. The Labute approximate surface area is 134 Å². The minimum absolute atomic E-state index is 0.0263. The zero-order valence-electron chi connectivity index (χ0n) is 13.2. The average Bonchev–Trinajstić information content (AvgIpc) is 2.93. The monoisotopic (exact) mass is 316 g/mol. The number of carbonyl (C=O) groups is 1. The number of amides is 1. The quantitative estimate of drug-likeness (QED) is 0.912. The van der Waals surface area contributed by atoms with E-state index in [9.17, 15) is 9.18 Å². The van der Waals surface area contributed by atoms with Crippen LogP contribution in [-0.2, 0) is 11.3 Å². The molecule has 0 bridgehead atoms. The number of benzene rings is 1. The number of aromatic nitrogens is 2. The Morgan fingerprint density at radius 3 is 3.13 bits per heavy atom. The van der Waals surface area contributed by atoms with E-state index in [0.29, 0.717) is 13.1 Å². The number of nitrogens with one attached hydrogen (secondary N) is 2. The lowest BCUT2D eigenvalue weighted by atomic mass is 9.96. The maximum absolute atomic E-state index is 13.3. The number of rotatable bonds is 4. The number of aryl methyl sites for hydroxylation is 1. The first-order chi connectivity index (χ1) is 11.1. The molecule has 0 aliphatic carbocycles. The molecular weight excluding hydrogens is 295 g/mol. The van der Waals surface area contributed by atoms with Gasteiger partial charge in [-0.15, -0.1) is 0 Å². The van der Waals surface area contributed by atoms with Crippen LogP contribution in [0.25, 0.3) is 0 Å². The summed E-state index contributed by atoms with van der Waals surface area (Å²) in [5, 5.41) is 9.66. The second-order valence-electron chi connectivity index (χ2n) is 6.10. The number of halogens is 1. The molecule has 1 saturated heterocycles. The molecule has 1 amide bonds. The Balaban J connectivity index is 1.59. The smallest absolute Gasteiger partial charge is 0.228 e. The van der Waals surface area contributed by atoms with E-state index in [1.807, 2.05) is 13.0 Å². The molecule has 1 fully saturated rings. The summed E-state index contributed by atoms with van der Waals surface area (Å²) in [6.45, 7) is 4.18. The molecule has 5 nitrogen and oxygen atoms in total. The number of hydrogen-bond acceptors (Lipinski definition) is 3. The second-order valence-corrected chi connectivity index (χ2v) is 6.10. The van der Waals surface area contributed by atoms with Crippen molar-refractivity contribution in [2.24, 2.45) is 5.92 Å². The van der Waals surface area contributed by atoms with Gasteiger partial charge >= 0.3 is 0 Å². The van der Waals surface area contributed by atoms with Gasteiger partial charge in [-0.2, -0.15) is 5.10 Å². The van der Waals surface area contributed by atoms with E-state index < -0.39 is 0 Å². The van der Waals surface area contributed by atoms with E-state index in [1.54, 1.807) is 18.3 Å². The second kappa shape index (κ2) is 6.91. The minimum atomic E-state index is -0.218. The van der Waals surface area contributed by atoms with Gasteiger partial charge in [-0.1, -0.05) is 12.1 Å². The van der Waals surface area contributed by atoms with E-state index in [4.69, 9.17) is 0 Å². The van der Waals surface area contributed by atoms with Gasteiger partial charge in [-0.05, 0) is 44.0 Å². The van der Waals surface area contributed by atoms with Crippen molar-refractivity contribution in [3.63, 3.8) is 0 Å². The Morgan fingerprint density at radius 2 is 2.39 bits per heavy atom.